The van der Waals surface area contributed by atoms with Crippen LogP contribution in [0.25, 0.3) is 0 Å². The van der Waals surface area contributed by atoms with Gasteiger partial charge in [-0.15, -0.1) is 0 Å². The molecule has 6 heteroatoms. The van der Waals surface area contributed by atoms with Gasteiger partial charge in [-0.05, 0) is 23.5 Å². The monoisotopic (exact) mass is 320 g/mol. The minimum Gasteiger partial charge on any atom is -0.390 e. The summed E-state index contributed by atoms with van der Waals surface area (Å²) in [5, 5.41) is 21.8. The average molecular weight is 320 g/mol. The first-order valence-corrected chi connectivity index (χ1v) is 7.91. The maximum Gasteiger partial charge on any atom is 0.244 e. The molecule has 23 heavy (non-hydrogen) atoms. The number of aliphatic hydroxyl groups is 1. The number of fused-ring (bicyclic) bond motifs is 1. The highest BCUT2D eigenvalue weighted by Gasteiger charge is 2.34. The van der Waals surface area contributed by atoms with E-state index in [-0.39, 0.29) is 18.2 Å². The van der Waals surface area contributed by atoms with Crippen LogP contribution in [0.3, 0.4) is 0 Å². The Bertz CT molecular complexity index is 573. The molecule has 3 atom stereocenters. The van der Waals surface area contributed by atoms with Crippen molar-refractivity contribution in [2.24, 2.45) is 11.8 Å². The van der Waals surface area contributed by atoms with Crippen molar-refractivity contribution >= 4 is 11.8 Å². The van der Waals surface area contributed by atoms with Crippen LogP contribution in [0.2, 0.25) is 0 Å². The summed E-state index contributed by atoms with van der Waals surface area (Å²) in [6.07, 6.45) is 0.296. The van der Waals surface area contributed by atoms with Gasteiger partial charge in [0.15, 0.2) is 0 Å². The first-order chi connectivity index (χ1) is 10.9. The van der Waals surface area contributed by atoms with E-state index in [1.54, 1.807) is 5.48 Å². The molecular weight excluding hydrogens is 296 g/mol. The molecule has 0 heterocycles. The van der Waals surface area contributed by atoms with Crippen molar-refractivity contribution in [3.8, 4) is 0 Å². The Hall–Kier alpha value is -1.92. The Morgan fingerprint density at radius 1 is 1.30 bits per heavy atom. The smallest absolute Gasteiger partial charge is 0.244 e. The zero-order valence-electron chi connectivity index (χ0n) is 13.5. The summed E-state index contributed by atoms with van der Waals surface area (Å²) in [6.45, 7) is 3.94. The third kappa shape index (κ3) is 4.30. The molecule has 0 spiro atoms. The Morgan fingerprint density at radius 3 is 2.65 bits per heavy atom. The maximum absolute atomic E-state index is 12.6. The molecule has 0 fully saturated rings. The van der Waals surface area contributed by atoms with Gasteiger partial charge in [-0.3, -0.25) is 14.8 Å². The van der Waals surface area contributed by atoms with Crippen molar-refractivity contribution < 1.29 is 19.9 Å². The fraction of sp³-hybridized carbons (Fsp3) is 0.529. The number of nitrogens with one attached hydrogen (secondary N) is 2. The molecule has 0 saturated carbocycles. The first kappa shape index (κ1) is 17.4. The topological polar surface area (TPSA) is 98.7 Å². The van der Waals surface area contributed by atoms with Crippen molar-refractivity contribution in [3.05, 3.63) is 35.4 Å². The summed E-state index contributed by atoms with van der Waals surface area (Å²) < 4.78 is 0. The average Bonchev–Trinajstić information content (AvgIpc) is 2.82. The molecule has 0 saturated heterocycles. The Morgan fingerprint density at radius 2 is 2.00 bits per heavy atom. The molecule has 1 aromatic carbocycles. The molecule has 4 N–H and O–H groups in total. The van der Waals surface area contributed by atoms with Crippen LogP contribution in [0.15, 0.2) is 24.3 Å². The van der Waals surface area contributed by atoms with Crippen LogP contribution in [0.4, 0.5) is 0 Å². The molecular formula is C17H24N2O4. The number of amides is 2. The minimum absolute atomic E-state index is 0.0784. The van der Waals surface area contributed by atoms with E-state index in [0.29, 0.717) is 12.8 Å². The zero-order valence-corrected chi connectivity index (χ0v) is 13.5. The number of carbonyl (C=O) groups is 2. The normalized spacial score (nSPS) is 20.9. The van der Waals surface area contributed by atoms with E-state index < -0.39 is 24.0 Å². The Labute approximate surface area is 135 Å². The van der Waals surface area contributed by atoms with Crippen molar-refractivity contribution in [2.45, 2.75) is 45.3 Å². The van der Waals surface area contributed by atoms with Crippen LogP contribution < -0.4 is 10.8 Å². The molecule has 2 amide bonds. The van der Waals surface area contributed by atoms with Gasteiger partial charge in [-0.25, -0.2) is 5.48 Å². The third-order valence-corrected chi connectivity index (χ3v) is 4.18. The molecule has 0 aliphatic heterocycles. The van der Waals surface area contributed by atoms with E-state index in [1.807, 2.05) is 38.1 Å². The molecule has 0 bridgehead atoms. The predicted octanol–water partition coefficient (Wildman–Crippen LogP) is 1.32. The van der Waals surface area contributed by atoms with Gasteiger partial charge in [-0.2, -0.15) is 0 Å². The van der Waals surface area contributed by atoms with Gasteiger partial charge >= 0.3 is 0 Å². The van der Waals surface area contributed by atoms with E-state index >= 15 is 0 Å². The lowest BCUT2D eigenvalue weighted by atomic mass is 9.92. The SMILES string of the molecule is CC(C)C[C@H](CC(=O)NO)C(=O)N[C@H]1c2ccccc2C[C@@H]1O. The molecule has 0 aromatic heterocycles. The molecule has 1 aliphatic carbocycles. The summed E-state index contributed by atoms with van der Waals surface area (Å²) in [7, 11) is 0. The number of hydrogen-bond acceptors (Lipinski definition) is 4. The van der Waals surface area contributed by atoms with Crippen LogP contribution in [0.5, 0.6) is 0 Å². The second kappa shape index (κ2) is 7.57. The van der Waals surface area contributed by atoms with Crippen LogP contribution in [0, 0.1) is 11.8 Å². The second-order valence-corrected chi connectivity index (χ2v) is 6.52. The van der Waals surface area contributed by atoms with Crippen molar-refractivity contribution in [1.29, 1.82) is 0 Å². The van der Waals surface area contributed by atoms with Gasteiger partial charge in [0.2, 0.25) is 11.8 Å². The van der Waals surface area contributed by atoms with Crippen molar-refractivity contribution in [2.75, 3.05) is 0 Å². The quantitative estimate of drug-likeness (QED) is 0.469. The zero-order chi connectivity index (χ0) is 17.0. The predicted molar refractivity (Wildman–Crippen MR) is 84.5 cm³/mol. The number of hydroxylamine groups is 1. The second-order valence-electron chi connectivity index (χ2n) is 6.52. The van der Waals surface area contributed by atoms with Gasteiger partial charge in [0.25, 0.3) is 0 Å². The highest BCUT2D eigenvalue weighted by atomic mass is 16.5. The molecule has 0 radical (unpaired) electrons. The molecule has 0 unspecified atom stereocenters. The highest BCUT2D eigenvalue weighted by Crippen LogP contribution is 2.31. The van der Waals surface area contributed by atoms with E-state index in [1.165, 1.54) is 0 Å². The fourth-order valence-corrected chi connectivity index (χ4v) is 3.14. The molecule has 6 nitrogen and oxygen atoms in total. The fourth-order valence-electron chi connectivity index (χ4n) is 3.14. The number of hydrogen-bond donors (Lipinski definition) is 4. The summed E-state index contributed by atoms with van der Waals surface area (Å²) in [5.74, 6) is -1.17. The summed E-state index contributed by atoms with van der Waals surface area (Å²) >= 11 is 0. The van der Waals surface area contributed by atoms with Gasteiger partial charge < -0.3 is 10.4 Å². The van der Waals surface area contributed by atoms with Crippen LogP contribution in [-0.4, -0.2) is 28.2 Å². The third-order valence-electron chi connectivity index (χ3n) is 4.18. The number of benzene rings is 1. The maximum atomic E-state index is 12.6. The largest absolute Gasteiger partial charge is 0.390 e. The van der Waals surface area contributed by atoms with Crippen LogP contribution in [-0.2, 0) is 16.0 Å². The Balaban J connectivity index is 2.10. The summed E-state index contributed by atoms with van der Waals surface area (Å²) in [5.41, 5.74) is 3.52. The van der Waals surface area contributed by atoms with Crippen LogP contribution in [0.1, 0.15) is 43.9 Å². The van der Waals surface area contributed by atoms with Gasteiger partial charge in [0.05, 0.1) is 12.1 Å². The summed E-state index contributed by atoms with van der Waals surface area (Å²) in [6, 6.07) is 7.17. The lowest BCUT2D eigenvalue weighted by molar-refractivity contribution is -0.135. The minimum atomic E-state index is -0.664. The molecule has 1 aromatic rings. The van der Waals surface area contributed by atoms with Crippen molar-refractivity contribution in [1.82, 2.24) is 10.8 Å². The van der Waals surface area contributed by atoms with Gasteiger partial charge in [0.1, 0.15) is 0 Å². The van der Waals surface area contributed by atoms with Crippen LogP contribution >= 0.6 is 0 Å². The first-order valence-electron chi connectivity index (χ1n) is 7.91. The molecule has 2 rings (SSSR count). The van der Waals surface area contributed by atoms with Crippen molar-refractivity contribution in [3.63, 3.8) is 0 Å². The number of aliphatic hydroxyl groups excluding tert-OH is 1. The molecule has 126 valence electrons. The molecule has 1 aliphatic rings. The van der Waals surface area contributed by atoms with E-state index in [2.05, 4.69) is 5.32 Å². The Kier molecular flexibility index (Phi) is 5.74. The van der Waals surface area contributed by atoms with E-state index in [9.17, 15) is 14.7 Å². The van der Waals surface area contributed by atoms with E-state index in [0.717, 1.165) is 11.1 Å². The van der Waals surface area contributed by atoms with Gasteiger partial charge in [0, 0.05) is 18.8 Å². The number of carbonyl (C=O) groups excluding carboxylic acids is 2. The number of rotatable bonds is 6. The lowest BCUT2D eigenvalue weighted by Gasteiger charge is -2.23. The summed E-state index contributed by atoms with van der Waals surface area (Å²) in [4.78, 5) is 24.0. The highest BCUT2D eigenvalue weighted by molar-refractivity contribution is 5.85. The van der Waals surface area contributed by atoms with E-state index in [4.69, 9.17) is 5.21 Å². The van der Waals surface area contributed by atoms with Gasteiger partial charge in [-0.1, -0.05) is 38.1 Å². The lowest BCUT2D eigenvalue weighted by Crippen LogP contribution is -2.39. The standard InChI is InChI=1S/C17H24N2O4/c1-10(2)7-12(9-15(21)19-23)17(22)18-16-13-6-4-3-5-11(13)8-14(16)20/h3-6,10,12,14,16,20,23H,7-9H2,1-2H3,(H,18,22)(H,19,21)/t12-,14+,16+/m1/s1.